The largest absolute Gasteiger partial charge is 0.457 e. The van der Waals surface area contributed by atoms with Crippen LogP contribution in [-0.2, 0) is 6.42 Å². The third-order valence-electron chi connectivity index (χ3n) is 4.96. The average molecular weight is 360 g/mol. The summed E-state index contributed by atoms with van der Waals surface area (Å²) in [6.45, 7) is 1.76. The average Bonchev–Trinajstić information content (AvgIpc) is 3.05. The molecule has 0 aromatic carbocycles. The molecule has 0 aliphatic carbocycles. The molecule has 1 saturated heterocycles. The number of ether oxygens (including phenoxy) is 1. The fourth-order valence-corrected chi connectivity index (χ4v) is 3.97. The summed E-state index contributed by atoms with van der Waals surface area (Å²) in [7, 11) is 0. The zero-order chi connectivity index (χ0) is 17.6. The van der Waals surface area contributed by atoms with E-state index in [1.165, 1.54) is 6.42 Å². The molecule has 0 saturated carbocycles. The number of anilines is 3. The molecule has 0 bridgehead atoms. The van der Waals surface area contributed by atoms with E-state index in [9.17, 15) is 5.26 Å². The summed E-state index contributed by atoms with van der Waals surface area (Å²) < 4.78 is 5.82. The van der Waals surface area contributed by atoms with Gasteiger partial charge in [-0.3, -0.25) is 5.73 Å². The molecular formula is C17H20ClN6O+. The zero-order valence-corrected chi connectivity index (χ0v) is 14.6. The third-order valence-corrected chi connectivity index (χ3v) is 5.30. The predicted molar refractivity (Wildman–Crippen MR) is 96.7 cm³/mol. The number of nitrogens with zero attached hydrogens (tertiary/aromatic N) is 3. The Morgan fingerprint density at radius 3 is 2.72 bits per heavy atom. The van der Waals surface area contributed by atoms with E-state index in [0.29, 0.717) is 46.6 Å². The highest BCUT2D eigenvalue weighted by Crippen LogP contribution is 2.40. The van der Waals surface area contributed by atoms with Gasteiger partial charge in [0.2, 0.25) is 0 Å². The number of fused-ring (bicyclic) bond motifs is 3. The van der Waals surface area contributed by atoms with E-state index >= 15 is 0 Å². The van der Waals surface area contributed by atoms with Crippen LogP contribution in [0.25, 0.3) is 10.8 Å². The van der Waals surface area contributed by atoms with Gasteiger partial charge < -0.3 is 15.4 Å². The van der Waals surface area contributed by atoms with Gasteiger partial charge in [-0.15, -0.1) is 11.6 Å². The number of nitrogen functional groups attached to an aromatic ring is 2. The SMILES string of the molecule is N#Cc1c(N2CCCCC2)nc(N)c2c(N)[nH+]c3c(c12)C[C@H](CCl)O3. The van der Waals surface area contributed by atoms with E-state index in [1.54, 1.807) is 0 Å². The first-order chi connectivity index (χ1) is 12.1. The van der Waals surface area contributed by atoms with Gasteiger partial charge in [0.15, 0.2) is 0 Å². The summed E-state index contributed by atoms with van der Waals surface area (Å²) >= 11 is 5.97. The fraction of sp³-hybridized carbons (Fsp3) is 0.471. The number of aromatic amines is 1. The number of nitrogens with one attached hydrogen (secondary N) is 1. The minimum atomic E-state index is -0.141. The molecule has 25 heavy (non-hydrogen) atoms. The Bertz CT molecular complexity index is 887. The highest BCUT2D eigenvalue weighted by atomic mass is 35.5. The van der Waals surface area contributed by atoms with E-state index in [2.05, 4.69) is 20.9 Å². The van der Waals surface area contributed by atoms with Crippen molar-refractivity contribution in [2.45, 2.75) is 31.8 Å². The van der Waals surface area contributed by atoms with Gasteiger partial charge in [0, 0.05) is 24.9 Å². The lowest BCUT2D eigenvalue weighted by Crippen LogP contribution is -2.31. The van der Waals surface area contributed by atoms with E-state index in [4.69, 9.17) is 27.8 Å². The van der Waals surface area contributed by atoms with Crippen LogP contribution in [0.2, 0.25) is 0 Å². The Balaban J connectivity index is 2.00. The second kappa shape index (κ2) is 6.12. The molecule has 4 heterocycles. The molecule has 0 radical (unpaired) electrons. The molecular weight excluding hydrogens is 340 g/mol. The number of nitrogens with two attached hydrogens (primary N) is 2. The highest BCUT2D eigenvalue weighted by molar-refractivity contribution is 6.18. The number of aromatic nitrogens is 2. The van der Waals surface area contributed by atoms with Crippen molar-refractivity contribution < 1.29 is 9.72 Å². The first-order valence-corrected chi connectivity index (χ1v) is 9.02. The molecule has 0 amide bonds. The van der Waals surface area contributed by atoms with Crippen molar-refractivity contribution in [3.8, 4) is 11.9 Å². The molecule has 2 aliphatic rings. The Morgan fingerprint density at radius 1 is 1.28 bits per heavy atom. The molecule has 5 N–H and O–H groups in total. The molecule has 0 unspecified atom stereocenters. The molecule has 1 fully saturated rings. The summed E-state index contributed by atoms with van der Waals surface area (Å²) in [6.07, 6.45) is 3.85. The molecule has 130 valence electrons. The zero-order valence-electron chi connectivity index (χ0n) is 13.8. The van der Waals surface area contributed by atoms with E-state index in [0.717, 1.165) is 36.9 Å². The summed E-state index contributed by atoms with van der Waals surface area (Å²) in [4.78, 5) is 9.72. The van der Waals surface area contributed by atoms with Crippen LogP contribution in [0.4, 0.5) is 17.5 Å². The van der Waals surface area contributed by atoms with Crippen LogP contribution < -0.4 is 26.1 Å². The van der Waals surface area contributed by atoms with Crippen LogP contribution in [0.5, 0.6) is 5.88 Å². The van der Waals surface area contributed by atoms with Crippen molar-refractivity contribution in [2.24, 2.45) is 0 Å². The topological polar surface area (TPSA) is 115 Å². The lowest BCUT2D eigenvalue weighted by atomic mass is 9.99. The van der Waals surface area contributed by atoms with Crippen LogP contribution in [0.15, 0.2) is 0 Å². The van der Waals surface area contributed by atoms with Gasteiger partial charge in [-0.05, 0) is 19.3 Å². The lowest BCUT2D eigenvalue weighted by Gasteiger charge is -2.29. The predicted octanol–water partition coefficient (Wildman–Crippen LogP) is 1.62. The number of pyridine rings is 2. The third kappa shape index (κ3) is 2.48. The second-order valence-electron chi connectivity index (χ2n) is 6.55. The quantitative estimate of drug-likeness (QED) is 0.787. The number of nitriles is 1. The lowest BCUT2D eigenvalue weighted by molar-refractivity contribution is -0.375. The maximum Gasteiger partial charge on any atom is 0.286 e. The molecule has 7 nitrogen and oxygen atoms in total. The molecule has 1 atom stereocenters. The van der Waals surface area contributed by atoms with Gasteiger partial charge in [0.1, 0.15) is 34.8 Å². The van der Waals surface area contributed by atoms with Gasteiger partial charge in [-0.25, -0.2) is 9.97 Å². The van der Waals surface area contributed by atoms with Crippen LogP contribution >= 0.6 is 11.6 Å². The Hall–Kier alpha value is -2.46. The van der Waals surface area contributed by atoms with E-state index < -0.39 is 0 Å². The second-order valence-corrected chi connectivity index (χ2v) is 6.86. The number of hydrogen-bond acceptors (Lipinski definition) is 6. The summed E-state index contributed by atoms with van der Waals surface area (Å²) in [5.41, 5.74) is 13.8. The van der Waals surface area contributed by atoms with Gasteiger partial charge >= 0.3 is 0 Å². The number of rotatable bonds is 2. The molecule has 2 aromatic heterocycles. The minimum Gasteiger partial charge on any atom is -0.457 e. The number of alkyl halides is 1. The first kappa shape index (κ1) is 16.0. The van der Waals surface area contributed by atoms with Crippen molar-refractivity contribution in [3.05, 3.63) is 11.1 Å². The van der Waals surface area contributed by atoms with Crippen molar-refractivity contribution in [1.82, 2.24) is 4.98 Å². The summed E-state index contributed by atoms with van der Waals surface area (Å²) in [6, 6.07) is 2.34. The minimum absolute atomic E-state index is 0.141. The number of hydrogen-bond donors (Lipinski definition) is 2. The normalized spacial score (nSPS) is 19.5. The van der Waals surface area contributed by atoms with Crippen LogP contribution in [0.3, 0.4) is 0 Å². The maximum atomic E-state index is 9.91. The van der Waals surface area contributed by atoms with Gasteiger partial charge in [-0.1, -0.05) is 0 Å². The van der Waals surface area contributed by atoms with Crippen LogP contribution in [0.1, 0.15) is 30.4 Å². The number of piperidine rings is 1. The van der Waals surface area contributed by atoms with Crippen molar-refractivity contribution in [2.75, 3.05) is 35.3 Å². The van der Waals surface area contributed by atoms with Crippen molar-refractivity contribution in [1.29, 1.82) is 5.26 Å². The Labute approximate surface area is 150 Å². The first-order valence-electron chi connectivity index (χ1n) is 8.48. The standard InChI is InChI=1S/C17H19ClN6O/c18-7-9-6-10-12-11(8-19)16(24-4-2-1-3-5-24)22-14(20)13(12)15(21)23-17(10)25-9/h9H,1-7H2,(H2,20,22)(H2,21,23)/p+1/t9-/m1/s1. The molecule has 2 aliphatic heterocycles. The maximum absolute atomic E-state index is 9.91. The van der Waals surface area contributed by atoms with Crippen LogP contribution in [-0.4, -0.2) is 30.1 Å². The number of H-pyrrole nitrogens is 1. The Kier molecular flexibility index (Phi) is 3.92. The highest BCUT2D eigenvalue weighted by Gasteiger charge is 2.33. The summed E-state index contributed by atoms with van der Waals surface area (Å²) in [5, 5.41) is 11.2. The van der Waals surface area contributed by atoms with Crippen molar-refractivity contribution >= 4 is 39.8 Å². The van der Waals surface area contributed by atoms with E-state index in [-0.39, 0.29) is 6.10 Å². The van der Waals surface area contributed by atoms with Gasteiger partial charge in [-0.2, -0.15) is 5.26 Å². The van der Waals surface area contributed by atoms with Gasteiger partial charge in [0.25, 0.3) is 11.7 Å². The van der Waals surface area contributed by atoms with Crippen molar-refractivity contribution in [3.63, 3.8) is 0 Å². The monoisotopic (exact) mass is 359 g/mol. The van der Waals surface area contributed by atoms with Gasteiger partial charge in [0.05, 0.1) is 11.4 Å². The molecule has 2 aromatic rings. The smallest absolute Gasteiger partial charge is 0.286 e. The Morgan fingerprint density at radius 2 is 2.04 bits per heavy atom. The molecule has 0 spiro atoms. The molecule has 4 rings (SSSR count). The fourth-order valence-electron chi connectivity index (χ4n) is 3.80. The van der Waals surface area contributed by atoms with E-state index in [1.807, 2.05) is 0 Å². The summed E-state index contributed by atoms with van der Waals surface area (Å²) in [5.74, 6) is 2.28. The van der Waals surface area contributed by atoms with Crippen LogP contribution in [0, 0.1) is 11.3 Å². The number of halogens is 1. The molecule has 8 heteroatoms.